The molecule has 2 amide bonds. The normalized spacial score (nSPS) is 11.0. The van der Waals surface area contributed by atoms with Gasteiger partial charge in [-0.05, 0) is 38.1 Å². The summed E-state index contributed by atoms with van der Waals surface area (Å²) in [7, 11) is -3.85. The predicted molar refractivity (Wildman–Crippen MR) is 81.6 cm³/mol. The molecule has 0 saturated carbocycles. The SMILES string of the molecule is CCN(CC)C(=O)CS(=O)(=O)CC(=O)Nc1ccc(F)cc1. The number of benzene rings is 1. The summed E-state index contributed by atoms with van der Waals surface area (Å²) in [6.45, 7) is 4.31. The van der Waals surface area contributed by atoms with Crippen molar-refractivity contribution in [1.82, 2.24) is 4.90 Å². The van der Waals surface area contributed by atoms with Crippen LogP contribution in [0.1, 0.15) is 13.8 Å². The fourth-order valence-electron chi connectivity index (χ4n) is 1.84. The van der Waals surface area contributed by atoms with Gasteiger partial charge in [-0.1, -0.05) is 0 Å². The van der Waals surface area contributed by atoms with E-state index < -0.39 is 39.0 Å². The summed E-state index contributed by atoms with van der Waals surface area (Å²) in [6.07, 6.45) is 0. The summed E-state index contributed by atoms with van der Waals surface area (Å²) in [5.74, 6) is -3.25. The first kappa shape index (κ1) is 18.1. The molecule has 0 saturated heterocycles. The lowest BCUT2D eigenvalue weighted by Gasteiger charge is -2.18. The van der Waals surface area contributed by atoms with Gasteiger partial charge >= 0.3 is 0 Å². The summed E-state index contributed by atoms with van der Waals surface area (Å²) in [6, 6.07) is 4.93. The number of carbonyl (C=O) groups excluding carboxylic acids is 2. The molecule has 1 N–H and O–H groups in total. The fourth-order valence-corrected chi connectivity index (χ4v) is 2.97. The van der Waals surface area contributed by atoms with Gasteiger partial charge in [-0.25, -0.2) is 12.8 Å². The van der Waals surface area contributed by atoms with E-state index in [1.54, 1.807) is 13.8 Å². The maximum atomic E-state index is 12.7. The summed E-state index contributed by atoms with van der Waals surface area (Å²) in [5, 5.41) is 2.35. The van der Waals surface area contributed by atoms with Crippen LogP contribution in [0.5, 0.6) is 0 Å². The first-order valence-electron chi connectivity index (χ1n) is 6.81. The first-order valence-corrected chi connectivity index (χ1v) is 8.63. The van der Waals surface area contributed by atoms with Gasteiger partial charge in [0.2, 0.25) is 11.8 Å². The predicted octanol–water partition coefficient (Wildman–Crippen LogP) is 1.05. The molecular formula is C14H19FN2O4S. The average molecular weight is 330 g/mol. The molecule has 0 aliphatic heterocycles. The van der Waals surface area contributed by atoms with Crippen LogP contribution in [0, 0.1) is 5.82 Å². The molecule has 0 spiro atoms. The van der Waals surface area contributed by atoms with E-state index in [0.29, 0.717) is 13.1 Å². The Bertz CT molecular complexity index is 625. The molecule has 0 aliphatic rings. The maximum absolute atomic E-state index is 12.7. The number of halogens is 1. The largest absolute Gasteiger partial charge is 0.342 e. The van der Waals surface area contributed by atoms with Crippen molar-refractivity contribution < 1.29 is 22.4 Å². The van der Waals surface area contributed by atoms with E-state index in [2.05, 4.69) is 5.32 Å². The van der Waals surface area contributed by atoms with Crippen molar-refractivity contribution in [2.45, 2.75) is 13.8 Å². The number of nitrogens with zero attached hydrogens (tertiary/aromatic N) is 1. The van der Waals surface area contributed by atoms with Crippen LogP contribution in [-0.2, 0) is 19.4 Å². The summed E-state index contributed by atoms with van der Waals surface area (Å²) in [4.78, 5) is 24.9. The van der Waals surface area contributed by atoms with Crippen LogP contribution in [0.15, 0.2) is 24.3 Å². The zero-order valence-corrected chi connectivity index (χ0v) is 13.3. The number of carbonyl (C=O) groups is 2. The third-order valence-corrected chi connectivity index (χ3v) is 4.33. The molecule has 0 bridgehead atoms. The molecule has 0 radical (unpaired) electrons. The molecule has 0 heterocycles. The Labute approximate surface area is 129 Å². The molecule has 0 unspecified atom stereocenters. The number of sulfone groups is 1. The lowest BCUT2D eigenvalue weighted by Crippen LogP contribution is -2.37. The van der Waals surface area contributed by atoms with Crippen LogP contribution in [0.3, 0.4) is 0 Å². The molecule has 0 atom stereocenters. The van der Waals surface area contributed by atoms with Gasteiger partial charge in [0.1, 0.15) is 17.3 Å². The molecule has 122 valence electrons. The molecular weight excluding hydrogens is 311 g/mol. The summed E-state index contributed by atoms with van der Waals surface area (Å²) < 4.78 is 36.5. The number of rotatable bonds is 7. The number of hydrogen-bond donors (Lipinski definition) is 1. The van der Waals surface area contributed by atoms with E-state index in [0.717, 1.165) is 12.1 Å². The van der Waals surface area contributed by atoms with E-state index >= 15 is 0 Å². The highest BCUT2D eigenvalue weighted by Gasteiger charge is 2.23. The number of nitrogens with one attached hydrogen (secondary N) is 1. The van der Waals surface area contributed by atoms with Crippen LogP contribution >= 0.6 is 0 Å². The van der Waals surface area contributed by atoms with E-state index in [9.17, 15) is 22.4 Å². The van der Waals surface area contributed by atoms with E-state index in [1.165, 1.54) is 17.0 Å². The minimum Gasteiger partial charge on any atom is -0.342 e. The lowest BCUT2D eigenvalue weighted by atomic mass is 10.3. The molecule has 6 nitrogen and oxygen atoms in total. The highest BCUT2D eigenvalue weighted by molar-refractivity contribution is 7.92. The number of amides is 2. The standard InChI is InChI=1S/C14H19FN2O4S/c1-3-17(4-2)14(19)10-22(20,21)9-13(18)16-12-7-5-11(15)6-8-12/h5-8H,3-4,9-10H2,1-2H3,(H,16,18). The maximum Gasteiger partial charge on any atom is 0.239 e. The van der Waals surface area contributed by atoms with E-state index in [1.807, 2.05) is 0 Å². The highest BCUT2D eigenvalue weighted by Crippen LogP contribution is 2.08. The smallest absolute Gasteiger partial charge is 0.239 e. The van der Waals surface area contributed by atoms with Gasteiger partial charge < -0.3 is 10.2 Å². The second kappa shape index (κ2) is 7.88. The van der Waals surface area contributed by atoms with Crippen molar-refractivity contribution in [3.63, 3.8) is 0 Å². The Morgan fingerprint density at radius 3 is 2.14 bits per heavy atom. The van der Waals surface area contributed by atoms with Gasteiger partial charge in [-0.3, -0.25) is 9.59 Å². The van der Waals surface area contributed by atoms with Crippen LogP contribution < -0.4 is 5.32 Å². The van der Waals surface area contributed by atoms with Gasteiger partial charge in [0.15, 0.2) is 9.84 Å². The van der Waals surface area contributed by atoms with Crippen molar-refractivity contribution in [2.75, 3.05) is 29.9 Å². The lowest BCUT2D eigenvalue weighted by molar-refractivity contribution is -0.128. The van der Waals surface area contributed by atoms with Gasteiger partial charge in [0, 0.05) is 18.8 Å². The Balaban J connectivity index is 2.62. The van der Waals surface area contributed by atoms with Crippen LogP contribution in [0.2, 0.25) is 0 Å². The molecule has 22 heavy (non-hydrogen) atoms. The monoisotopic (exact) mass is 330 g/mol. The third-order valence-electron chi connectivity index (χ3n) is 2.94. The van der Waals surface area contributed by atoms with Gasteiger partial charge in [0.05, 0.1) is 0 Å². The molecule has 0 aromatic heterocycles. The quantitative estimate of drug-likeness (QED) is 0.810. The second-order valence-electron chi connectivity index (χ2n) is 4.65. The molecule has 8 heteroatoms. The highest BCUT2D eigenvalue weighted by atomic mass is 32.2. The number of anilines is 1. The molecule has 0 aliphatic carbocycles. The first-order chi connectivity index (χ1) is 10.3. The van der Waals surface area contributed by atoms with Crippen LogP contribution in [-0.4, -0.2) is 49.7 Å². The van der Waals surface area contributed by atoms with E-state index in [-0.39, 0.29) is 5.69 Å². The molecule has 0 fully saturated rings. The zero-order valence-electron chi connectivity index (χ0n) is 12.5. The third kappa shape index (κ3) is 5.80. The minimum absolute atomic E-state index is 0.289. The fraction of sp³-hybridized carbons (Fsp3) is 0.429. The summed E-state index contributed by atoms with van der Waals surface area (Å²) >= 11 is 0. The molecule has 1 rings (SSSR count). The van der Waals surface area contributed by atoms with Crippen molar-refractivity contribution in [1.29, 1.82) is 0 Å². The van der Waals surface area contributed by atoms with Gasteiger partial charge in [-0.2, -0.15) is 0 Å². The average Bonchev–Trinajstić information content (AvgIpc) is 2.41. The molecule has 1 aromatic rings. The zero-order chi connectivity index (χ0) is 16.8. The van der Waals surface area contributed by atoms with E-state index in [4.69, 9.17) is 0 Å². The van der Waals surface area contributed by atoms with Crippen molar-refractivity contribution >= 4 is 27.3 Å². The summed E-state index contributed by atoms with van der Waals surface area (Å²) in [5.41, 5.74) is 0.289. The molecule has 1 aromatic carbocycles. The van der Waals surface area contributed by atoms with Crippen LogP contribution in [0.25, 0.3) is 0 Å². The topological polar surface area (TPSA) is 83.6 Å². The van der Waals surface area contributed by atoms with Gasteiger partial charge in [-0.15, -0.1) is 0 Å². The van der Waals surface area contributed by atoms with Crippen molar-refractivity contribution in [2.24, 2.45) is 0 Å². The Kier molecular flexibility index (Phi) is 6.48. The Morgan fingerprint density at radius 2 is 1.64 bits per heavy atom. The van der Waals surface area contributed by atoms with Crippen LogP contribution in [0.4, 0.5) is 10.1 Å². The minimum atomic E-state index is -3.85. The Morgan fingerprint density at radius 1 is 1.09 bits per heavy atom. The Hall–Kier alpha value is -1.96. The van der Waals surface area contributed by atoms with Crippen molar-refractivity contribution in [3.05, 3.63) is 30.1 Å². The van der Waals surface area contributed by atoms with Crippen molar-refractivity contribution in [3.8, 4) is 0 Å². The number of hydrogen-bond acceptors (Lipinski definition) is 4. The second-order valence-corrected chi connectivity index (χ2v) is 6.72. The van der Waals surface area contributed by atoms with Gasteiger partial charge in [0.25, 0.3) is 0 Å².